The molecule has 1 atom stereocenters. The van der Waals surface area contributed by atoms with Crippen LogP contribution >= 0.6 is 0 Å². The van der Waals surface area contributed by atoms with Crippen molar-refractivity contribution < 1.29 is 24.5 Å². The van der Waals surface area contributed by atoms with E-state index in [4.69, 9.17) is 4.74 Å². The number of carbonyl (C=O) groups is 2. The second kappa shape index (κ2) is 8.01. The molecule has 0 aromatic heterocycles. The number of nitrogens with one attached hydrogen (secondary N) is 1. The molecule has 0 spiro atoms. The lowest BCUT2D eigenvalue weighted by Crippen LogP contribution is -2.31. The minimum Gasteiger partial charge on any atom is -0.508 e. The molecule has 0 saturated heterocycles. The zero-order valence-corrected chi connectivity index (χ0v) is 13.2. The standard InChI is InChI=1S/C18H19NO5/c1-12(13-5-3-2-4-6-13)10-19-17(22)11-24-18(23)15-8-7-14(20)9-16(15)21/h2-9,12,20-21H,10-11H2,1H3,(H,19,22)/t12-/m0/s1. The van der Waals surface area contributed by atoms with E-state index < -0.39 is 24.2 Å². The summed E-state index contributed by atoms with van der Waals surface area (Å²) in [4.78, 5) is 23.6. The lowest BCUT2D eigenvalue weighted by Gasteiger charge is -2.13. The normalized spacial score (nSPS) is 11.5. The second-order valence-electron chi connectivity index (χ2n) is 5.39. The zero-order valence-electron chi connectivity index (χ0n) is 13.2. The molecule has 2 aromatic carbocycles. The molecule has 0 bridgehead atoms. The molecular formula is C18H19NO5. The number of aromatic hydroxyl groups is 2. The van der Waals surface area contributed by atoms with Crippen LogP contribution < -0.4 is 5.32 Å². The summed E-state index contributed by atoms with van der Waals surface area (Å²) in [5.74, 6) is -1.70. The maximum atomic E-state index is 11.8. The maximum Gasteiger partial charge on any atom is 0.342 e. The third kappa shape index (κ3) is 4.74. The van der Waals surface area contributed by atoms with Crippen LogP contribution in [0.3, 0.4) is 0 Å². The monoisotopic (exact) mass is 329 g/mol. The van der Waals surface area contributed by atoms with Gasteiger partial charge in [-0.2, -0.15) is 0 Å². The number of phenolic OH excluding ortho intramolecular Hbond substituents is 2. The number of rotatable bonds is 6. The van der Waals surface area contributed by atoms with E-state index in [0.29, 0.717) is 6.54 Å². The first-order valence-corrected chi connectivity index (χ1v) is 7.48. The smallest absolute Gasteiger partial charge is 0.342 e. The molecule has 24 heavy (non-hydrogen) atoms. The average molecular weight is 329 g/mol. The molecule has 0 radical (unpaired) electrons. The van der Waals surface area contributed by atoms with Crippen LogP contribution in [0.5, 0.6) is 11.5 Å². The molecule has 0 heterocycles. The minimum absolute atomic E-state index is 0.113. The Kier molecular flexibility index (Phi) is 5.78. The van der Waals surface area contributed by atoms with Gasteiger partial charge in [-0.05, 0) is 23.6 Å². The van der Waals surface area contributed by atoms with Crippen molar-refractivity contribution in [1.29, 1.82) is 0 Å². The molecule has 126 valence electrons. The Balaban J connectivity index is 1.79. The van der Waals surface area contributed by atoms with Gasteiger partial charge in [-0.3, -0.25) is 4.79 Å². The van der Waals surface area contributed by atoms with Gasteiger partial charge in [0.05, 0.1) is 0 Å². The highest BCUT2D eigenvalue weighted by molar-refractivity contribution is 5.94. The largest absolute Gasteiger partial charge is 0.508 e. The number of hydrogen-bond donors (Lipinski definition) is 3. The highest BCUT2D eigenvalue weighted by atomic mass is 16.5. The molecule has 0 aliphatic heterocycles. The Morgan fingerprint density at radius 3 is 2.50 bits per heavy atom. The van der Waals surface area contributed by atoms with Crippen LogP contribution in [-0.4, -0.2) is 35.2 Å². The molecule has 2 rings (SSSR count). The van der Waals surface area contributed by atoms with Crippen molar-refractivity contribution in [2.45, 2.75) is 12.8 Å². The molecule has 6 nitrogen and oxygen atoms in total. The fraction of sp³-hybridized carbons (Fsp3) is 0.222. The van der Waals surface area contributed by atoms with Gasteiger partial charge in [0.2, 0.25) is 0 Å². The Morgan fingerprint density at radius 2 is 1.83 bits per heavy atom. The summed E-state index contributed by atoms with van der Waals surface area (Å²) in [7, 11) is 0. The molecule has 0 saturated carbocycles. The molecule has 2 aromatic rings. The summed E-state index contributed by atoms with van der Waals surface area (Å²) in [5, 5.41) is 21.4. The number of ether oxygens (including phenoxy) is 1. The van der Waals surface area contributed by atoms with Crippen LogP contribution in [0.25, 0.3) is 0 Å². The van der Waals surface area contributed by atoms with Crippen LogP contribution in [0.15, 0.2) is 48.5 Å². The predicted molar refractivity (Wildman–Crippen MR) is 87.9 cm³/mol. The molecule has 0 aliphatic carbocycles. The van der Waals surface area contributed by atoms with Gasteiger partial charge in [0.15, 0.2) is 6.61 Å². The number of hydrogen-bond acceptors (Lipinski definition) is 5. The second-order valence-corrected chi connectivity index (χ2v) is 5.39. The highest BCUT2D eigenvalue weighted by Crippen LogP contribution is 2.23. The Morgan fingerprint density at radius 1 is 1.12 bits per heavy atom. The van der Waals surface area contributed by atoms with Crippen molar-refractivity contribution >= 4 is 11.9 Å². The quantitative estimate of drug-likeness (QED) is 0.706. The molecule has 3 N–H and O–H groups in total. The maximum absolute atomic E-state index is 11.8. The van der Waals surface area contributed by atoms with Crippen molar-refractivity contribution in [3.05, 3.63) is 59.7 Å². The topological polar surface area (TPSA) is 95.9 Å². The van der Waals surface area contributed by atoms with Crippen LogP contribution in [0.1, 0.15) is 28.8 Å². The van der Waals surface area contributed by atoms with Crippen LogP contribution in [0, 0.1) is 0 Å². The van der Waals surface area contributed by atoms with Gasteiger partial charge in [0, 0.05) is 12.6 Å². The summed E-state index contributed by atoms with van der Waals surface area (Å²) in [6, 6.07) is 13.2. The fourth-order valence-corrected chi connectivity index (χ4v) is 2.12. The number of amides is 1. The average Bonchev–Trinajstić information content (AvgIpc) is 2.58. The van der Waals surface area contributed by atoms with Gasteiger partial charge in [-0.15, -0.1) is 0 Å². The van der Waals surface area contributed by atoms with E-state index in [1.165, 1.54) is 12.1 Å². The van der Waals surface area contributed by atoms with E-state index in [1.54, 1.807) is 0 Å². The fourth-order valence-electron chi connectivity index (χ4n) is 2.12. The number of phenols is 2. The van der Waals surface area contributed by atoms with Crippen molar-refractivity contribution in [3.63, 3.8) is 0 Å². The molecule has 1 amide bonds. The Bertz CT molecular complexity index is 715. The van der Waals surface area contributed by atoms with Crippen LogP contribution in [0.2, 0.25) is 0 Å². The van der Waals surface area contributed by atoms with Crippen molar-refractivity contribution in [3.8, 4) is 11.5 Å². The van der Waals surface area contributed by atoms with E-state index in [0.717, 1.165) is 11.6 Å². The molecule has 6 heteroatoms. The molecule has 0 fully saturated rings. The lowest BCUT2D eigenvalue weighted by atomic mass is 10.0. The van der Waals surface area contributed by atoms with Gasteiger partial charge >= 0.3 is 5.97 Å². The van der Waals surface area contributed by atoms with E-state index in [2.05, 4.69) is 5.32 Å². The number of esters is 1. The molecule has 0 aliphatic rings. The van der Waals surface area contributed by atoms with Crippen molar-refractivity contribution in [2.75, 3.05) is 13.2 Å². The summed E-state index contributed by atoms with van der Waals surface area (Å²) in [6.07, 6.45) is 0. The van der Waals surface area contributed by atoms with E-state index >= 15 is 0 Å². The summed E-state index contributed by atoms with van der Waals surface area (Å²) in [5.41, 5.74) is 0.988. The van der Waals surface area contributed by atoms with Crippen LogP contribution in [0.4, 0.5) is 0 Å². The first-order valence-electron chi connectivity index (χ1n) is 7.48. The Labute approximate surface area is 139 Å². The summed E-state index contributed by atoms with van der Waals surface area (Å²) in [6.45, 7) is 1.96. The van der Waals surface area contributed by atoms with E-state index in [-0.39, 0.29) is 17.2 Å². The first-order chi connectivity index (χ1) is 11.5. The van der Waals surface area contributed by atoms with Crippen molar-refractivity contribution in [2.24, 2.45) is 0 Å². The summed E-state index contributed by atoms with van der Waals surface area (Å²) >= 11 is 0. The summed E-state index contributed by atoms with van der Waals surface area (Å²) < 4.78 is 4.86. The number of carbonyl (C=O) groups excluding carboxylic acids is 2. The minimum atomic E-state index is -0.834. The Hall–Kier alpha value is -3.02. The van der Waals surface area contributed by atoms with Gasteiger partial charge < -0.3 is 20.3 Å². The van der Waals surface area contributed by atoms with Gasteiger partial charge in [0.25, 0.3) is 5.91 Å². The first kappa shape index (κ1) is 17.3. The third-order valence-electron chi connectivity index (χ3n) is 3.51. The van der Waals surface area contributed by atoms with Gasteiger partial charge in [0.1, 0.15) is 17.1 Å². The van der Waals surface area contributed by atoms with Crippen LogP contribution in [-0.2, 0) is 9.53 Å². The van der Waals surface area contributed by atoms with Crippen molar-refractivity contribution in [1.82, 2.24) is 5.32 Å². The highest BCUT2D eigenvalue weighted by Gasteiger charge is 2.15. The van der Waals surface area contributed by atoms with E-state index in [1.807, 2.05) is 37.3 Å². The van der Waals surface area contributed by atoms with Gasteiger partial charge in [-0.1, -0.05) is 37.3 Å². The molecule has 0 unspecified atom stereocenters. The SMILES string of the molecule is C[C@@H](CNC(=O)COC(=O)c1ccc(O)cc1O)c1ccccc1. The van der Waals surface area contributed by atoms with E-state index in [9.17, 15) is 19.8 Å². The number of benzene rings is 2. The molecular weight excluding hydrogens is 310 g/mol. The lowest BCUT2D eigenvalue weighted by molar-refractivity contribution is -0.124. The predicted octanol–water partition coefficient (Wildman–Crippen LogP) is 2.17. The third-order valence-corrected chi connectivity index (χ3v) is 3.51. The zero-order chi connectivity index (χ0) is 17.5. The van der Waals surface area contributed by atoms with Gasteiger partial charge in [-0.25, -0.2) is 4.79 Å².